The Labute approximate surface area is 60.9 Å². The van der Waals surface area contributed by atoms with Gasteiger partial charge in [0.15, 0.2) is 0 Å². The van der Waals surface area contributed by atoms with Crippen molar-refractivity contribution in [3.8, 4) is 0 Å². The fraction of sp³-hybridized carbons (Fsp3) is 0.800. The first-order chi connectivity index (χ1) is 4.18. The van der Waals surface area contributed by atoms with E-state index in [1.54, 1.807) is 4.90 Å². The predicted molar refractivity (Wildman–Crippen MR) is 41.0 cm³/mol. The number of nitrogens with zero attached hydrogens (tertiary/aromatic N) is 1. The maximum absolute atomic E-state index is 4.86. The molecule has 4 heteroatoms. The van der Waals surface area contributed by atoms with Gasteiger partial charge in [-0.1, -0.05) is 0 Å². The van der Waals surface area contributed by atoms with Crippen LogP contribution in [0.1, 0.15) is 6.92 Å². The summed E-state index contributed by atoms with van der Waals surface area (Å²) in [5.41, 5.74) is 2.65. The van der Waals surface area contributed by atoms with Gasteiger partial charge in [-0.15, -0.1) is 0 Å². The van der Waals surface area contributed by atoms with Gasteiger partial charge in [-0.2, -0.15) is 5.48 Å². The van der Waals surface area contributed by atoms with E-state index >= 15 is 0 Å². The average molecular weight is 148 g/mol. The van der Waals surface area contributed by atoms with Crippen LogP contribution in [-0.2, 0) is 4.84 Å². The maximum Gasteiger partial charge on any atom is 0.280 e. The predicted octanol–water partition coefficient (Wildman–Crippen LogP) is 0.374. The van der Waals surface area contributed by atoms with E-state index in [1.165, 1.54) is 0 Å². The first-order valence-electron chi connectivity index (χ1n) is 2.79. The van der Waals surface area contributed by atoms with Crippen LogP contribution < -0.4 is 5.48 Å². The van der Waals surface area contributed by atoms with Crippen LogP contribution in [0.4, 0.5) is 0 Å². The molecule has 0 aromatic rings. The fourth-order valence-corrected chi connectivity index (χ4v) is 0.284. The van der Waals surface area contributed by atoms with Gasteiger partial charge in [-0.05, 0) is 19.1 Å². The molecular weight excluding hydrogens is 136 g/mol. The van der Waals surface area contributed by atoms with Gasteiger partial charge in [-0.25, -0.2) is 0 Å². The zero-order chi connectivity index (χ0) is 7.28. The van der Waals surface area contributed by atoms with Crippen molar-refractivity contribution < 1.29 is 4.84 Å². The Balaban J connectivity index is 3.28. The minimum atomic E-state index is 0.455. The summed E-state index contributed by atoms with van der Waals surface area (Å²) in [6.07, 6.45) is 0. The molecule has 0 atom stereocenters. The summed E-state index contributed by atoms with van der Waals surface area (Å²) >= 11 is 4.78. The second-order valence-corrected chi connectivity index (χ2v) is 2.11. The molecule has 0 heterocycles. The van der Waals surface area contributed by atoms with E-state index in [1.807, 2.05) is 21.0 Å². The maximum atomic E-state index is 4.86. The van der Waals surface area contributed by atoms with Crippen molar-refractivity contribution in [2.45, 2.75) is 6.92 Å². The smallest absolute Gasteiger partial charge is 0.280 e. The lowest BCUT2D eigenvalue weighted by atomic mass is 10.8. The van der Waals surface area contributed by atoms with E-state index in [-0.39, 0.29) is 0 Å². The molecule has 0 rings (SSSR count). The molecule has 0 radical (unpaired) electrons. The first-order valence-corrected chi connectivity index (χ1v) is 3.20. The monoisotopic (exact) mass is 148 g/mol. The highest BCUT2D eigenvalue weighted by Gasteiger charge is 1.95. The van der Waals surface area contributed by atoms with Gasteiger partial charge in [0.2, 0.25) is 0 Å². The molecule has 0 amide bonds. The van der Waals surface area contributed by atoms with E-state index < -0.39 is 0 Å². The quantitative estimate of drug-likeness (QED) is 0.452. The van der Waals surface area contributed by atoms with Crippen LogP contribution in [0, 0.1) is 0 Å². The molecule has 54 valence electrons. The molecule has 0 spiro atoms. The van der Waals surface area contributed by atoms with Gasteiger partial charge in [0.25, 0.3) is 5.17 Å². The molecule has 0 aliphatic carbocycles. The standard InChI is InChI=1S/C5H12N2OS/c1-4-6-8-5(9)7(2)3/h6H,4H2,1-3H3. The highest BCUT2D eigenvalue weighted by molar-refractivity contribution is 7.79. The molecule has 0 fully saturated rings. The Morgan fingerprint density at radius 3 is 2.56 bits per heavy atom. The third kappa shape index (κ3) is 4.17. The number of hydrogen-bond donors (Lipinski definition) is 1. The van der Waals surface area contributed by atoms with E-state index in [0.717, 1.165) is 6.54 Å². The average Bonchev–Trinajstić information content (AvgIpc) is 1.82. The fourth-order valence-electron chi connectivity index (χ4n) is 0.225. The highest BCUT2D eigenvalue weighted by Crippen LogP contribution is 1.81. The summed E-state index contributed by atoms with van der Waals surface area (Å²) in [6, 6.07) is 0. The van der Waals surface area contributed by atoms with Gasteiger partial charge in [0.1, 0.15) is 0 Å². The minimum absolute atomic E-state index is 0.455. The van der Waals surface area contributed by atoms with Crippen LogP contribution >= 0.6 is 12.2 Å². The lowest BCUT2D eigenvalue weighted by molar-refractivity contribution is 0.166. The molecule has 9 heavy (non-hydrogen) atoms. The SMILES string of the molecule is CCNOC(=S)N(C)C. The number of hydroxylamine groups is 1. The van der Waals surface area contributed by atoms with Crippen LogP contribution in [0.25, 0.3) is 0 Å². The van der Waals surface area contributed by atoms with Gasteiger partial charge in [-0.3, -0.25) is 0 Å². The Morgan fingerprint density at radius 1 is 1.67 bits per heavy atom. The van der Waals surface area contributed by atoms with Crippen LogP contribution in [0.2, 0.25) is 0 Å². The molecule has 0 saturated heterocycles. The Morgan fingerprint density at radius 2 is 2.22 bits per heavy atom. The first kappa shape index (κ1) is 8.65. The zero-order valence-corrected chi connectivity index (χ0v) is 6.79. The normalized spacial score (nSPS) is 8.78. The molecule has 0 aromatic heterocycles. The lowest BCUT2D eigenvalue weighted by Crippen LogP contribution is -2.28. The Kier molecular flexibility index (Phi) is 4.35. The summed E-state index contributed by atoms with van der Waals surface area (Å²) in [7, 11) is 3.67. The number of rotatable bonds is 2. The second kappa shape index (κ2) is 4.52. The Hall–Kier alpha value is -0.350. The second-order valence-electron chi connectivity index (χ2n) is 1.76. The molecular formula is C5H12N2OS. The van der Waals surface area contributed by atoms with E-state index in [9.17, 15) is 0 Å². The number of thiocarbonyl (C=S) groups is 1. The van der Waals surface area contributed by atoms with E-state index in [0.29, 0.717) is 5.17 Å². The van der Waals surface area contributed by atoms with Crippen molar-refractivity contribution in [3.05, 3.63) is 0 Å². The molecule has 0 aromatic carbocycles. The summed E-state index contributed by atoms with van der Waals surface area (Å²) in [6.45, 7) is 2.70. The molecule has 0 saturated carbocycles. The molecule has 0 aliphatic heterocycles. The third-order valence-electron chi connectivity index (χ3n) is 0.669. The van der Waals surface area contributed by atoms with Crippen molar-refractivity contribution in [1.29, 1.82) is 0 Å². The van der Waals surface area contributed by atoms with Gasteiger partial charge >= 0.3 is 0 Å². The molecule has 0 aliphatic rings. The van der Waals surface area contributed by atoms with Crippen molar-refractivity contribution in [2.75, 3.05) is 20.6 Å². The van der Waals surface area contributed by atoms with Crippen molar-refractivity contribution >= 4 is 17.4 Å². The van der Waals surface area contributed by atoms with Gasteiger partial charge in [0, 0.05) is 20.6 Å². The third-order valence-corrected chi connectivity index (χ3v) is 1.12. The van der Waals surface area contributed by atoms with Gasteiger partial charge < -0.3 is 9.74 Å². The Bertz CT molecular complexity index is 95.0. The van der Waals surface area contributed by atoms with Crippen LogP contribution in [-0.4, -0.2) is 30.7 Å². The molecule has 1 N–H and O–H groups in total. The molecule has 0 unspecified atom stereocenters. The summed E-state index contributed by atoms with van der Waals surface area (Å²) in [4.78, 5) is 6.58. The van der Waals surface area contributed by atoms with Crippen molar-refractivity contribution in [2.24, 2.45) is 0 Å². The summed E-state index contributed by atoms with van der Waals surface area (Å²) in [5.74, 6) is 0. The highest BCUT2D eigenvalue weighted by atomic mass is 32.1. The van der Waals surface area contributed by atoms with Crippen LogP contribution in [0.15, 0.2) is 0 Å². The van der Waals surface area contributed by atoms with E-state index in [4.69, 9.17) is 17.1 Å². The number of nitrogens with one attached hydrogen (secondary N) is 1. The zero-order valence-electron chi connectivity index (χ0n) is 5.97. The molecule has 0 bridgehead atoms. The summed E-state index contributed by atoms with van der Waals surface area (Å²) < 4.78 is 0. The van der Waals surface area contributed by atoms with Crippen molar-refractivity contribution in [1.82, 2.24) is 10.4 Å². The van der Waals surface area contributed by atoms with Gasteiger partial charge in [0.05, 0.1) is 0 Å². The molecule has 3 nitrogen and oxygen atoms in total. The van der Waals surface area contributed by atoms with Crippen molar-refractivity contribution in [3.63, 3.8) is 0 Å². The largest absolute Gasteiger partial charge is 0.378 e. The minimum Gasteiger partial charge on any atom is -0.378 e. The summed E-state index contributed by atoms with van der Waals surface area (Å²) in [5, 5.41) is 0.455. The number of hydrogen-bond acceptors (Lipinski definition) is 3. The topological polar surface area (TPSA) is 24.5 Å². The van der Waals surface area contributed by atoms with Crippen LogP contribution in [0.3, 0.4) is 0 Å². The van der Waals surface area contributed by atoms with Crippen LogP contribution in [0.5, 0.6) is 0 Å². The van der Waals surface area contributed by atoms with E-state index in [2.05, 4.69) is 5.48 Å². The lowest BCUT2D eigenvalue weighted by Gasteiger charge is -2.12.